The number of nitrogens with one attached hydrogen (secondary N) is 15. The lowest BCUT2D eigenvalue weighted by molar-refractivity contribution is -0.142. The summed E-state index contributed by atoms with van der Waals surface area (Å²) in [7, 11) is 0. The summed E-state index contributed by atoms with van der Waals surface area (Å²) in [5.41, 5.74) is 18.1. The van der Waals surface area contributed by atoms with Crippen molar-refractivity contribution >= 4 is 135 Å². The number of rotatable bonds is 35. The largest absolute Gasteiger partial charge is 0.481 e. The standard InChI is InChI=1S/C70H98N18O25/c1-3-4-5-6-7-8-9-20-53(92)80-43(24-36-30-74-40-18-13-11-15-37(36)40)67(110)85-45(26-52(73)91)68(111)87-48(29-59(101)102)69(112)88-49-31-75-61(104)44(25-51(90)38-16-10-12-17-39(38)72)84-65(108)42(21-22-56(95)96)82-70(113)50(34-89)81-55(94)33-76-62(105)46(27-57(97)98)83-60(103)35(2)78-66(109)47(28-58(99)100)86-64(107)41(19-14-23-71)79-54(93)32-77-63(49)106/h10-13,15-18,30,35,41-50,74,89H,3-9,14,19-29,31-34,71-72H2,1-2H3,(H2,73,91)(H,75,104)(H,76,105)(H,77,106)(H,78,109)(H,79,93)(H,80,92)(H,81,94)(H,82,113)(H,83,103)(H,84,108)(H,85,110)(H,86,107)(H,87,111)(H,88,112)(H,95,96)(H,97,98)(H,99,100)(H,101,102)/t35-,41+,42+,43+,44-,45-,46+,47+,48+,49+,50-/m1/s1. The van der Waals surface area contributed by atoms with E-state index < -0.39 is 256 Å². The van der Waals surface area contributed by atoms with Gasteiger partial charge < -0.3 is 122 Å². The minimum atomic E-state index is -2.34. The van der Waals surface area contributed by atoms with Crippen LogP contribution in [0.2, 0.25) is 0 Å². The molecule has 0 radical (unpaired) electrons. The number of amides is 15. The number of hydrogen-bond acceptors (Lipinski definition) is 23. The maximum absolute atomic E-state index is 14.7. The van der Waals surface area contributed by atoms with Gasteiger partial charge in [0.05, 0.1) is 45.4 Å². The number of aliphatic hydroxyl groups is 1. The van der Waals surface area contributed by atoms with Gasteiger partial charge in [0.1, 0.15) is 66.5 Å². The number of carbonyl (C=O) groups excluding carboxylic acids is 16. The van der Waals surface area contributed by atoms with Crippen LogP contribution in [0.3, 0.4) is 0 Å². The van der Waals surface area contributed by atoms with Crippen LogP contribution in [0.1, 0.15) is 139 Å². The van der Waals surface area contributed by atoms with E-state index in [0.717, 1.165) is 39.0 Å². The number of fused-ring (bicyclic) bond motifs is 1. The van der Waals surface area contributed by atoms with Crippen LogP contribution in [0, 0.1) is 0 Å². The molecule has 113 heavy (non-hydrogen) atoms. The first-order chi connectivity index (χ1) is 53.5. The molecule has 0 spiro atoms. The fraction of sp³-hybridized carbons (Fsp3) is 0.514. The normalized spacial score (nSPS) is 20.4. The highest BCUT2D eigenvalue weighted by Gasteiger charge is 2.38. The molecule has 26 N–H and O–H groups in total. The Labute approximate surface area is 645 Å². The third-order valence-electron chi connectivity index (χ3n) is 17.3. The Kier molecular flexibility index (Phi) is 38.9. The first-order valence-electron chi connectivity index (χ1n) is 36.1. The number of para-hydroxylation sites is 2. The monoisotopic (exact) mass is 1590 g/mol. The van der Waals surface area contributed by atoms with E-state index in [-0.39, 0.29) is 43.5 Å². The van der Waals surface area contributed by atoms with E-state index in [1.54, 1.807) is 30.5 Å². The summed E-state index contributed by atoms with van der Waals surface area (Å²) in [4.78, 5) is 274. The van der Waals surface area contributed by atoms with Crippen molar-refractivity contribution in [1.82, 2.24) is 79.4 Å². The van der Waals surface area contributed by atoms with E-state index in [0.29, 0.717) is 29.3 Å². The summed E-state index contributed by atoms with van der Waals surface area (Å²) < 4.78 is 0. The number of anilines is 1. The summed E-state index contributed by atoms with van der Waals surface area (Å²) in [5, 5.41) is 80.5. The summed E-state index contributed by atoms with van der Waals surface area (Å²) >= 11 is 0. The maximum Gasteiger partial charge on any atom is 0.305 e. The maximum atomic E-state index is 14.7. The quantitative estimate of drug-likeness (QED) is 0.0148. The van der Waals surface area contributed by atoms with Crippen molar-refractivity contribution in [3.05, 3.63) is 65.9 Å². The second kappa shape index (κ2) is 47.4. The number of unbranched alkanes of at least 4 members (excludes halogenated alkanes) is 6. The average molecular weight is 1590 g/mol. The number of carboxylic acids is 4. The fourth-order valence-electron chi connectivity index (χ4n) is 11.3. The Morgan fingerprint density at radius 3 is 1.61 bits per heavy atom. The average Bonchev–Trinajstić information content (AvgIpc) is 1.40. The minimum absolute atomic E-state index is 0.0121. The van der Waals surface area contributed by atoms with Crippen LogP contribution in [-0.4, -0.2) is 248 Å². The molecule has 0 saturated carbocycles. The number of primary amides is 1. The van der Waals surface area contributed by atoms with Crippen LogP contribution in [0.25, 0.3) is 10.9 Å². The number of carbonyl (C=O) groups is 20. The van der Waals surface area contributed by atoms with E-state index >= 15 is 0 Å². The van der Waals surface area contributed by atoms with Gasteiger partial charge in [-0.3, -0.25) is 95.9 Å². The molecule has 1 aliphatic heterocycles. The molecule has 15 amide bonds. The van der Waals surface area contributed by atoms with Gasteiger partial charge >= 0.3 is 23.9 Å². The van der Waals surface area contributed by atoms with Gasteiger partial charge in [-0.2, -0.15) is 0 Å². The Bertz CT molecular complexity index is 3960. The molecule has 1 saturated heterocycles. The van der Waals surface area contributed by atoms with Crippen LogP contribution in [0.15, 0.2) is 54.7 Å². The van der Waals surface area contributed by atoms with Crippen LogP contribution in [0.5, 0.6) is 0 Å². The number of ketones is 1. The smallest absolute Gasteiger partial charge is 0.305 e. The number of aromatic nitrogens is 1. The first-order valence-corrected chi connectivity index (χ1v) is 36.1. The molecule has 1 aromatic heterocycles. The SMILES string of the molecule is CCCCCCCCCC(=O)N[C@@H](Cc1c[nH]c2ccccc12)C(=O)N[C@H](CC(N)=O)C(=O)N[C@@H](CC(=O)O)C(=O)N[C@H]1CNC(=O)[C@@H](CC(=O)c2ccccc2N)NC(=O)[C@H](CCC(=O)O)NC(=O)[C@@H](CO)NC(=O)CNC(=O)[C@H](CC(=O)O)NC(=O)[C@@H](C)NC(=O)[C@H](CC(=O)O)NC(=O)[C@H](CCCN)NC(=O)CNC1=O. The lowest BCUT2D eigenvalue weighted by Crippen LogP contribution is -2.61. The van der Waals surface area contributed by atoms with Crippen LogP contribution in [-0.2, 0) is 97.5 Å². The highest BCUT2D eigenvalue weighted by Crippen LogP contribution is 2.21. The van der Waals surface area contributed by atoms with Gasteiger partial charge in [0.25, 0.3) is 0 Å². The third kappa shape index (κ3) is 32.8. The lowest BCUT2D eigenvalue weighted by atomic mass is 10.0. The van der Waals surface area contributed by atoms with Crippen LogP contribution >= 0.6 is 0 Å². The van der Waals surface area contributed by atoms with Crippen molar-refractivity contribution in [2.24, 2.45) is 11.5 Å². The molecule has 43 heteroatoms. The number of nitrogens with two attached hydrogens (primary N) is 3. The van der Waals surface area contributed by atoms with Crippen molar-refractivity contribution < 1.29 is 121 Å². The van der Waals surface area contributed by atoms with Gasteiger partial charge in [-0.05, 0) is 62.9 Å². The third-order valence-corrected chi connectivity index (χ3v) is 17.3. The highest BCUT2D eigenvalue weighted by molar-refractivity contribution is 6.06. The number of Topliss-reactive ketones (excluding diaryl/α,β-unsaturated/α-hetero) is 1. The van der Waals surface area contributed by atoms with Crippen LogP contribution in [0.4, 0.5) is 5.69 Å². The zero-order valence-corrected chi connectivity index (χ0v) is 61.9. The fourth-order valence-corrected chi connectivity index (χ4v) is 11.3. The van der Waals surface area contributed by atoms with Crippen molar-refractivity contribution in [3.8, 4) is 0 Å². The molecule has 3 aromatic rings. The van der Waals surface area contributed by atoms with E-state index in [1.807, 2.05) is 16.0 Å². The van der Waals surface area contributed by atoms with E-state index in [1.165, 1.54) is 24.3 Å². The van der Waals surface area contributed by atoms with Gasteiger partial charge in [0.15, 0.2) is 5.78 Å². The van der Waals surface area contributed by atoms with Crippen molar-refractivity contribution in [2.75, 3.05) is 38.5 Å². The number of H-pyrrole nitrogens is 1. The Morgan fingerprint density at radius 1 is 0.504 bits per heavy atom. The predicted molar refractivity (Wildman–Crippen MR) is 393 cm³/mol. The molecule has 618 valence electrons. The summed E-state index contributed by atoms with van der Waals surface area (Å²) in [5.74, 6) is -27.6. The topological polar surface area (TPSA) is 705 Å². The number of benzene rings is 2. The number of nitrogen functional groups attached to an aromatic ring is 1. The number of aliphatic hydroxyl groups excluding tert-OH is 1. The molecule has 1 fully saturated rings. The number of hydrogen-bond donors (Lipinski definition) is 23. The second-order valence-corrected chi connectivity index (χ2v) is 26.4. The zero-order chi connectivity index (χ0) is 84.0. The van der Waals surface area contributed by atoms with Crippen molar-refractivity contribution in [1.29, 1.82) is 0 Å². The van der Waals surface area contributed by atoms with Gasteiger partial charge in [-0.25, -0.2) is 0 Å². The van der Waals surface area contributed by atoms with Gasteiger partial charge in [-0.15, -0.1) is 0 Å². The van der Waals surface area contributed by atoms with Gasteiger partial charge in [-0.1, -0.05) is 75.8 Å². The number of aromatic amines is 1. The van der Waals surface area contributed by atoms with Gasteiger partial charge in [0.2, 0.25) is 88.6 Å². The Morgan fingerprint density at radius 2 is 1.02 bits per heavy atom. The number of aliphatic carboxylic acids is 4. The first kappa shape index (κ1) is 92.7. The lowest BCUT2D eigenvalue weighted by Gasteiger charge is -2.27. The van der Waals surface area contributed by atoms with Crippen molar-refractivity contribution in [3.63, 3.8) is 0 Å². The summed E-state index contributed by atoms with van der Waals surface area (Å²) in [6, 6.07) is -9.97. The molecule has 43 nitrogen and oxygen atoms in total. The summed E-state index contributed by atoms with van der Waals surface area (Å²) in [6.45, 7) is -2.00. The molecule has 2 heterocycles. The van der Waals surface area contributed by atoms with Crippen LogP contribution < -0.4 is 91.6 Å². The molecule has 0 unspecified atom stereocenters. The molecule has 4 rings (SSSR count). The molecule has 1 aliphatic rings. The van der Waals surface area contributed by atoms with E-state index in [2.05, 4.69) is 70.4 Å². The summed E-state index contributed by atoms with van der Waals surface area (Å²) in [6.07, 6.45) is -0.744. The second-order valence-electron chi connectivity index (χ2n) is 26.4. The van der Waals surface area contributed by atoms with Crippen molar-refractivity contribution in [2.45, 2.75) is 196 Å². The molecule has 11 atom stereocenters. The Hall–Kier alpha value is -12.7. The van der Waals surface area contributed by atoms with E-state index in [9.17, 15) is 121 Å². The van der Waals surface area contributed by atoms with E-state index in [4.69, 9.17) is 17.2 Å². The molecule has 0 bridgehead atoms. The molecular formula is C70H98N18O25. The number of carboxylic acid groups (broad SMARTS) is 4. The van der Waals surface area contributed by atoms with Gasteiger partial charge in [0, 0.05) is 60.6 Å². The molecular weight excluding hydrogens is 1490 g/mol. The predicted octanol–water partition coefficient (Wildman–Crippen LogP) is -6.68. The minimum Gasteiger partial charge on any atom is -0.481 e. The molecule has 0 aliphatic carbocycles. The highest BCUT2D eigenvalue weighted by atomic mass is 16.4. The molecule has 2 aromatic carbocycles. The zero-order valence-electron chi connectivity index (χ0n) is 61.9. The Balaban J connectivity index is 1.83.